The minimum Gasteiger partial charge on any atom is -0.322 e. The van der Waals surface area contributed by atoms with Gasteiger partial charge in [0.1, 0.15) is 0 Å². The molecule has 0 saturated carbocycles. The zero-order valence-corrected chi connectivity index (χ0v) is 10.1. The summed E-state index contributed by atoms with van der Waals surface area (Å²) in [5.74, 6) is -0.344. The van der Waals surface area contributed by atoms with Crippen molar-refractivity contribution in [2.75, 3.05) is 5.32 Å². The summed E-state index contributed by atoms with van der Waals surface area (Å²) >= 11 is 0. The van der Waals surface area contributed by atoms with Gasteiger partial charge < -0.3 is 5.32 Å². The van der Waals surface area contributed by atoms with E-state index in [0.29, 0.717) is 16.8 Å². The molecule has 0 aliphatic heterocycles. The van der Waals surface area contributed by atoms with Crippen molar-refractivity contribution < 1.29 is 9.72 Å². The number of carbonyl (C=O) groups excluding carboxylic acids is 1. The van der Waals surface area contributed by atoms with Crippen molar-refractivity contribution in [1.29, 1.82) is 0 Å². The number of anilines is 1. The van der Waals surface area contributed by atoms with Gasteiger partial charge in [0, 0.05) is 21.7 Å². The molecule has 0 saturated heterocycles. The van der Waals surface area contributed by atoms with E-state index in [2.05, 4.69) is 5.32 Å². The molecule has 96 valence electrons. The molecule has 2 rings (SSSR count). The SMILES string of the molecule is O=C(Nc1ccccc1)c1ccccc1C[N+](=O)[O-]. The molecule has 5 nitrogen and oxygen atoms in total. The topological polar surface area (TPSA) is 72.2 Å². The first-order chi connectivity index (χ1) is 9.16. The highest BCUT2D eigenvalue weighted by molar-refractivity contribution is 6.05. The number of para-hydroxylation sites is 1. The lowest BCUT2D eigenvalue weighted by molar-refractivity contribution is -0.496. The van der Waals surface area contributed by atoms with Crippen LogP contribution in [0.25, 0.3) is 0 Å². The molecule has 2 aromatic rings. The number of nitro groups is 1. The van der Waals surface area contributed by atoms with Gasteiger partial charge >= 0.3 is 0 Å². The van der Waals surface area contributed by atoms with E-state index in [1.807, 2.05) is 6.07 Å². The van der Waals surface area contributed by atoms with Gasteiger partial charge in [-0.1, -0.05) is 36.4 Å². The van der Waals surface area contributed by atoms with Crippen LogP contribution in [0.15, 0.2) is 54.6 Å². The first-order valence-electron chi connectivity index (χ1n) is 5.73. The lowest BCUT2D eigenvalue weighted by Crippen LogP contribution is -2.15. The Balaban J connectivity index is 2.21. The molecule has 0 atom stereocenters. The van der Waals surface area contributed by atoms with E-state index in [1.165, 1.54) is 0 Å². The molecule has 0 aliphatic rings. The number of hydrogen-bond acceptors (Lipinski definition) is 3. The van der Waals surface area contributed by atoms with E-state index in [9.17, 15) is 14.9 Å². The highest BCUT2D eigenvalue weighted by Crippen LogP contribution is 2.13. The van der Waals surface area contributed by atoms with E-state index in [1.54, 1.807) is 48.5 Å². The third-order valence-corrected chi connectivity index (χ3v) is 2.59. The zero-order chi connectivity index (χ0) is 13.7. The summed E-state index contributed by atoms with van der Waals surface area (Å²) in [5.41, 5.74) is 1.38. The van der Waals surface area contributed by atoms with E-state index in [0.717, 1.165) is 0 Å². The molecule has 0 fully saturated rings. The molecule has 0 bridgehead atoms. The van der Waals surface area contributed by atoms with E-state index in [-0.39, 0.29) is 12.5 Å². The molecule has 1 N–H and O–H groups in total. The average molecular weight is 256 g/mol. The molecule has 19 heavy (non-hydrogen) atoms. The average Bonchev–Trinajstić information content (AvgIpc) is 2.39. The Morgan fingerprint density at radius 3 is 2.37 bits per heavy atom. The summed E-state index contributed by atoms with van der Waals surface area (Å²) in [7, 11) is 0. The zero-order valence-electron chi connectivity index (χ0n) is 10.1. The fourth-order valence-electron chi connectivity index (χ4n) is 1.74. The maximum absolute atomic E-state index is 12.1. The fraction of sp³-hybridized carbons (Fsp3) is 0.0714. The first kappa shape index (κ1) is 12.8. The van der Waals surface area contributed by atoms with Crippen molar-refractivity contribution in [3.8, 4) is 0 Å². The second-order valence-electron chi connectivity index (χ2n) is 3.97. The Bertz CT molecular complexity index is 597. The van der Waals surface area contributed by atoms with Crippen LogP contribution in [0.4, 0.5) is 5.69 Å². The van der Waals surface area contributed by atoms with Gasteiger partial charge in [-0.25, -0.2) is 0 Å². The van der Waals surface area contributed by atoms with Gasteiger partial charge in [-0.3, -0.25) is 14.9 Å². The van der Waals surface area contributed by atoms with Crippen LogP contribution in [0.1, 0.15) is 15.9 Å². The number of amides is 1. The minimum absolute atomic E-state index is 0.322. The second kappa shape index (κ2) is 5.77. The van der Waals surface area contributed by atoms with Gasteiger partial charge in [-0.05, 0) is 18.2 Å². The van der Waals surface area contributed by atoms with Crippen LogP contribution in [-0.2, 0) is 6.54 Å². The molecular weight excluding hydrogens is 244 g/mol. The summed E-state index contributed by atoms with van der Waals surface area (Å²) in [6.45, 7) is -0.363. The summed E-state index contributed by atoms with van der Waals surface area (Å²) in [6.07, 6.45) is 0. The number of carbonyl (C=O) groups is 1. The molecule has 0 unspecified atom stereocenters. The summed E-state index contributed by atoms with van der Waals surface area (Å²) in [5, 5.41) is 13.3. The van der Waals surface area contributed by atoms with Gasteiger partial charge in [0.2, 0.25) is 6.54 Å². The molecular formula is C14H12N2O3. The van der Waals surface area contributed by atoms with Crippen LogP contribution in [0.2, 0.25) is 0 Å². The number of benzene rings is 2. The van der Waals surface area contributed by atoms with Crippen LogP contribution >= 0.6 is 0 Å². The van der Waals surface area contributed by atoms with Crippen LogP contribution < -0.4 is 5.32 Å². The molecule has 0 aliphatic carbocycles. The van der Waals surface area contributed by atoms with Gasteiger partial charge in [-0.15, -0.1) is 0 Å². The molecule has 0 aromatic heterocycles. The predicted molar refractivity (Wildman–Crippen MR) is 71.5 cm³/mol. The van der Waals surface area contributed by atoms with Crippen molar-refractivity contribution in [3.05, 3.63) is 75.8 Å². The van der Waals surface area contributed by atoms with E-state index < -0.39 is 4.92 Å². The Morgan fingerprint density at radius 2 is 1.68 bits per heavy atom. The van der Waals surface area contributed by atoms with Crippen molar-refractivity contribution in [3.63, 3.8) is 0 Å². The first-order valence-corrected chi connectivity index (χ1v) is 5.73. The van der Waals surface area contributed by atoms with Crippen molar-refractivity contribution in [2.24, 2.45) is 0 Å². The molecule has 2 aromatic carbocycles. The Morgan fingerprint density at radius 1 is 1.05 bits per heavy atom. The van der Waals surface area contributed by atoms with Gasteiger partial charge in [0.05, 0.1) is 0 Å². The predicted octanol–water partition coefficient (Wildman–Crippen LogP) is 2.72. The maximum atomic E-state index is 12.1. The number of hydrogen-bond donors (Lipinski definition) is 1. The normalized spacial score (nSPS) is 9.89. The lowest BCUT2D eigenvalue weighted by atomic mass is 10.1. The second-order valence-corrected chi connectivity index (χ2v) is 3.97. The quantitative estimate of drug-likeness (QED) is 0.675. The van der Waals surface area contributed by atoms with Crippen LogP contribution in [0.3, 0.4) is 0 Å². The lowest BCUT2D eigenvalue weighted by Gasteiger charge is -2.07. The molecule has 0 radical (unpaired) electrons. The standard InChI is InChI=1S/C14H12N2O3/c17-14(15-12-7-2-1-3-8-12)13-9-5-4-6-11(13)10-16(18)19/h1-9H,10H2,(H,15,17). The van der Waals surface area contributed by atoms with Crippen LogP contribution in [-0.4, -0.2) is 10.8 Å². The van der Waals surface area contributed by atoms with Gasteiger partial charge in [0.15, 0.2) is 0 Å². The number of rotatable bonds is 4. The Hall–Kier alpha value is -2.69. The van der Waals surface area contributed by atoms with E-state index >= 15 is 0 Å². The third kappa shape index (κ3) is 3.38. The largest absolute Gasteiger partial charge is 0.322 e. The fourth-order valence-corrected chi connectivity index (χ4v) is 1.74. The maximum Gasteiger partial charge on any atom is 0.256 e. The summed E-state index contributed by atoms with van der Waals surface area (Å²) in [6, 6.07) is 15.5. The molecule has 0 spiro atoms. The monoisotopic (exact) mass is 256 g/mol. The minimum atomic E-state index is -0.450. The van der Waals surface area contributed by atoms with Gasteiger partial charge in [-0.2, -0.15) is 0 Å². The van der Waals surface area contributed by atoms with Gasteiger partial charge in [0.25, 0.3) is 5.91 Å². The van der Waals surface area contributed by atoms with Crippen molar-refractivity contribution in [2.45, 2.75) is 6.54 Å². The molecule has 0 heterocycles. The summed E-state index contributed by atoms with van der Waals surface area (Å²) in [4.78, 5) is 22.2. The number of nitrogens with zero attached hydrogens (tertiary/aromatic N) is 1. The Kier molecular flexibility index (Phi) is 3.87. The number of nitrogens with one attached hydrogen (secondary N) is 1. The smallest absolute Gasteiger partial charge is 0.256 e. The van der Waals surface area contributed by atoms with Crippen LogP contribution in [0, 0.1) is 10.1 Å². The Labute approximate surface area is 110 Å². The summed E-state index contributed by atoms with van der Waals surface area (Å²) < 4.78 is 0. The van der Waals surface area contributed by atoms with Crippen molar-refractivity contribution in [1.82, 2.24) is 0 Å². The highest BCUT2D eigenvalue weighted by Gasteiger charge is 2.14. The third-order valence-electron chi connectivity index (χ3n) is 2.59. The van der Waals surface area contributed by atoms with E-state index in [4.69, 9.17) is 0 Å². The van der Waals surface area contributed by atoms with Crippen LogP contribution in [0.5, 0.6) is 0 Å². The highest BCUT2D eigenvalue weighted by atomic mass is 16.6. The molecule has 1 amide bonds. The van der Waals surface area contributed by atoms with Crippen molar-refractivity contribution >= 4 is 11.6 Å². The molecule has 5 heteroatoms.